The first-order valence-electron chi connectivity index (χ1n) is 6.75. The number of nitrogens with zero attached hydrogens (tertiary/aromatic N) is 5. The van der Waals surface area contributed by atoms with E-state index in [1.165, 1.54) is 0 Å². The SMILES string of the molecule is Brc1cncc(NCCNc2nnnn2-c2ccccc2)c1. The summed E-state index contributed by atoms with van der Waals surface area (Å²) in [6.07, 6.45) is 3.52. The lowest BCUT2D eigenvalue weighted by atomic mass is 10.3. The second-order valence-electron chi connectivity index (χ2n) is 4.50. The van der Waals surface area contributed by atoms with Gasteiger partial charge < -0.3 is 10.6 Å². The van der Waals surface area contributed by atoms with Gasteiger partial charge in [0, 0.05) is 23.8 Å². The van der Waals surface area contributed by atoms with Gasteiger partial charge in [0.2, 0.25) is 5.95 Å². The molecule has 0 aliphatic carbocycles. The molecule has 0 radical (unpaired) electrons. The van der Waals surface area contributed by atoms with Crippen molar-refractivity contribution in [2.45, 2.75) is 0 Å². The average molecular weight is 360 g/mol. The standard InChI is InChI=1S/C14H14BrN7/c15-11-8-12(10-16-9-11)17-6-7-18-14-19-20-21-22(14)13-4-2-1-3-5-13/h1-5,8-10,17H,6-7H2,(H,18,19,21). The van der Waals surface area contributed by atoms with Crippen LogP contribution in [0.15, 0.2) is 53.3 Å². The van der Waals surface area contributed by atoms with Crippen molar-refractivity contribution in [2.24, 2.45) is 0 Å². The number of para-hydroxylation sites is 1. The van der Waals surface area contributed by atoms with Crippen molar-refractivity contribution in [2.75, 3.05) is 23.7 Å². The summed E-state index contributed by atoms with van der Waals surface area (Å²) in [5.41, 5.74) is 1.87. The molecule has 22 heavy (non-hydrogen) atoms. The number of tetrazole rings is 1. The Hall–Kier alpha value is -2.48. The summed E-state index contributed by atoms with van der Waals surface area (Å²) >= 11 is 3.39. The summed E-state index contributed by atoms with van der Waals surface area (Å²) in [5, 5.41) is 18.2. The normalized spacial score (nSPS) is 10.4. The van der Waals surface area contributed by atoms with E-state index in [-0.39, 0.29) is 0 Å². The fourth-order valence-corrected chi connectivity index (χ4v) is 2.29. The molecule has 0 saturated carbocycles. The van der Waals surface area contributed by atoms with E-state index in [0.717, 1.165) is 22.4 Å². The predicted molar refractivity (Wildman–Crippen MR) is 88.1 cm³/mol. The van der Waals surface area contributed by atoms with Gasteiger partial charge in [-0.25, -0.2) is 0 Å². The van der Waals surface area contributed by atoms with Crippen LogP contribution in [0.1, 0.15) is 0 Å². The maximum Gasteiger partial charge on any atom is 0.247 e. The summed E-state index contributed by atoms with van der Waals surface area (Å²) in [6.45, 7) is 1.40. The smallest absolute Gasteiger partial charge is 0.247 e. The highest BCUT2D eigenvalue weighted by molar-refractivity contribution is 9.10. The monoisotopic (exact) mass is 359 g/mol. The van der Waals surface area contributed by atoms with Gasteiger partial charge in [0.1, 0.15) is 0 Å². The van der Waals surface area contributed by atoms with E-state index in [1.807, 2.05) is 36.4 Å². The third-order valence-electron chi connectivity index (χ3n) is 2.91. The molecule has 0 aliphatic rings. The molecule has 1 aromatic carbocycles. The van der Waals surface area contributed by atoms with Gasteiger partial charge >= 0.3 is 0 Å². The topological polar surface area (TPSA) is 80.6 Å². The molecule has 0 unspecified atom stereocenters. The summed E-state index contributed by atoms with van der Waals surface area (Å²) in [7, 11) is 0. The Morgan fingerprint density at radius 3 is 2.68 bits per heavy atom. The lowest BCUT2D eigenvalue weighted by molar-refractivity contribution is 0.789. The minimum absolute atomic E-state index is 0.611. The zero-order valence-corrected chi connectivity index (χ0v) is 13.2. The number of hydrogen-bond acceptors (Lipinski definition) is 6. The van der Waals surface area contributed by atoms with Crippen molar-refractivity contribution >= 4 is 27.6 Å². The van der Waals surface area contributed by atoms with Crippen molar-refractivity contribution in [1.82, 2.24) is 25.2 Å². The van der Waals surface area contributed by atoms with Gasteiger partial charge in [0.15, 0.2) is 0 Å². The Morgan fingerprint density at radius 2 is 1.86 bits per heavy atom. The molecule has 0 saturated heterocycles. The number of benzene rings is 1. The highest BCUT2D eigenvalue weighted by Crippen LogP contribution is 2.13. The predicted octanol–water partition coefficient (Wildman–Crippen LogP) is 2.34. The van der Waals surface area contributed by atoms with Crippen LogP contribution in [0.3, 0.4) is 0 Å². The quantitative estimate of drug-likeness (QED) is 0.657. The highest BCUT2D eigenvalue weighted by atomic mass is 79.9. The number of pyridine rings is 1. The molecular formula is C14H14BrN7. The second kappa shape index (κ2) is 6.99. The molecule has 0 fully saturated rings. The molecule has 0 spiro atoms. The van der Waals surface area contributed by atoms with Crippen LogP contribution in [-0.2, 0) is 0 Å². The van der Waals surface area contributed by atoms with Crippen LogP contribution in [0.25, 0.3) is 5.69 Å². The first-order valence-corrected chi connectivity index (χ1v) is 7.54. The van der Waals surface area contributed by atoms with Crippen molar-refractivity contribution in [1.29, 1.82) is 0 Å². The zero-order valence-electron chi connectivity index (χ0n) is 11.6. The van der Waals surface area contributed by atoms with Crippen LogP contribution in [0.4, 0.5) is 11.6 Å². The van der Waals surface area contributed by atoms with Gasteiger partial charge in [-0.05, 0) is 44.6 Å². The summed E-state index contributed by atoms with van der Waals surface area (Å²) in [5.74, 6) is 0.611. The van der Waals surface area contributed by atoms with Crippen LogP contribution >= 0.6 is 15.9 Å². The van der Waals surface area contributed by atoms with Crippen LogP contribution < -0.4 is 10.6 Å². The number of halogens is 1. The molecule has 3 aromatic rings. The largest absolute Gasteiger partial charge is 0.382 e. The van der Waals surface area contributed by atoms with Crippen molar-refractivity contribution in [3.63, 3.8) is 0 Å². The van der Waals surface area contributed by atoms with Crippen LogP contribution in [0, 0.1) is 0 Å². The van der Waals surface area contributed by atoms with Crippen LogP contribution in [0.2, 0.25) is 0 Å². The van der Waals surface area contributed by atoms with E-state index < -0.39 is 0 Å². The van der Waals surface area contributed by atoms with E-state index in [2.05, 4.69) is 47.1 Å². The Morgan fingerprint density at radius 1 is 1.05 bits per heavy atom. The lowest BCUT2D eigenvalue weighted by Gasteiger charge is -2.08. The summed E-state index contributed by atoms with van der Waals surface area (Å²) in [4.78, 5) is 4.10. The summed E-state index contributed by atoms with van der Waals surface area (Å²) < 4.78 is 2.61. The fourth-order valence-electron chi connectivity index (χ4n) is 1.93. The zero-order chi connectivity index (χ0) is 15.2. The minimum atomic E-state index is 0.611. The molecule has 0 bridgehead atoms. The number of aromatic nitrogens is 5. The van der Waals surface area contributed by atoms with Crippen molar-refractivity contribution in [3.8, 4) is 5.69 Å². The molecule has 2 N–H and O–H groups in total. The Labute approximate surface area is 135 Å². The molecule has 7 nitrogen and oxygen atoms in total. The molecule has 0 aliphatic heterocycles. The van der Waals surface area contributed by atoms with E-state index in [0.29, 0.717) is 12.5 Å². The van der Waals surface area contributed by atoms with Gasteiger partial charge in [0.05, 0.1) is 17.6 Å². The third-order valence-corrected chi connectivity index (χ3v) is 3.35. The average Bonchev–Trinajstić information content (AvgIpc) is 3.01. The first-order chi connectivity index (χ1) is 10.8. The van der Waals surface area contributed by atoms with Gasteiger partial charge in [-0.15, -0.1) is 0 Å². The van der Waals surface area contributed by atoms with E-state index in [4.69, 9.17) is 0 Å². The lowest BCUT2D eigenvalue weighted by Crippen LogP contribution is -2.16. The van der Waals surface area contributed by atoms with Crippen molar-refractivity contribution in [3.05, 3.63) is 53.3 Å². The Bertz CT molecular complexity index is 729. The number of anilines is 2. The van der Waals surface area contributed by atoms with E-state index in [9.17, 15) is 0 Å². The molecule has 112 valence electrons. The van der Waals surface area contributed by atoms with Gasteiger partial charge in [-0.3, -0.25) is 4.98 Å². The van der Waals surface area contributed by atoms with Crippen LogP contribution in [-0.4, -0.2) is 38.3 Å². The molecule has 0 amide bonds. The number of rotatable bonds is 6. The van der Waals surface area contributed by atoms with E-state index >= 15 is 0 Å². The third kappa shape index (κ3) is 3.59. The molecule has 2 heterocycles. The molecule has 8 heteroatoms. The Balaban J connectivity index is 1.56. The summed E-state index contributed by atoms with van der Waals surface area (Å²) in [6, 6.07) is 11.7. The molecule has 2 aromatic heterocycles. The highest BCUT2D eigenvalue weighted by Gasteiger charge is 2.06. The Kier molecular flexibility index (Phi) is 4.59. The maximum atomic E-state index is 4.10. The van der Waals surface area contributed by atoms with Crippen LogP contribution in [0.5, 0.6) is 0 Å². The second-order valence-corrected chi connectivity index (χ2v) is 5.41. The number of hydrogen-bond donors (Lipinski definition) is 2. The minimum Gasteiger partial charge on any atom is -0.382 e. The molecular weight excluding hydrogens is 346 g/mol. The van der Waals surface area contributed by atoms with E-state index in [1.54, 1.807) is 17.1 Å². The van der Waals surface area contributed by atoms with Gasteiger partial charge in [-0.1, -0.05) is 23.3 Å². The van der Waals surface area contributed by atoms with Crippen molar-refractivity contribution < 1.29 is 0 Å². The maximum absolute atomic E-state index is 4.10. The first kappa shape index (κ1) is 14.5. The molecule has 0 atom stereocenters. The fraction of sp³-hybridized carbons (Fsp3) is 0.143. The molecule has 3 rings (SSSR count). The van der Waals surface area contributed by atoms with Gasteiger partial charge in [0.25, 0.3) is 0 Å². The van der Waals surface area contributed by atoms with Gasteiger partial charge in [-0.2, -0.15) is 4.68 Å². The number of nitrogens with one attached hydrogen (secondary N) is 2.